The number of benzene rings is 3. The van der Waals surface area contributed by atoms with Crippen molar-refractivity contribution in [2.45, 2.75) is 57.6 Å². The Labute approximate surface area is 225 Å². The number of rotatable bonds is 16. The number of hydrogen-bond acceptors (Lipinski definition) is 5. The summed E-state index contributed by atoms with van der Waals surface area (Å²) in [6, 6.07) is 27.7. The van der Waals surface area contributed by atoms with Crippen molar-refractivity contribution in [2.24, 2.45) is 0 Å². The van der Waals surface area contributed by atoms with Crippen LogP contribution in [0.15, 0.2) is 91.0 Å². The van der Waals surface area contributed by atoms with E-state index >= 15 is 0 Å². The van der Waals surface area contributed by atoms with Crippen LogP contribution in [-0.4, -0.2) is 48.3 Å². The molecule has 2 amide bonds. The minimum atomic E-state index is -1.44. The normalized spacial score (nSPS) is 12.6. The summed E-state index contributed by atoms with van der Waals surface area (Å²) in [6.07, 6.45) is -0.124. The minimum absolute atomic E-state index is 0.200. The number of carbonyl (C=O) groups is 2. The molecule has 0 aromatic heterocycles. The molecule has 0 aliphatic carbocycles. The molecule has 3 rings (SSSR count). The first-order valence-electron chi connectivity index (χ1n) is 13.1. The van der Waals surface area contributed by atoms with Crippen LogP contribution >= 0.6 is 0 Å². The third-order valence-electron chi connectivity index (χ3n) is 5.98. The Morgan fingerprint density at radius 2 is 1.21 bits per heavy atom. The van der Waals surface area contributed by atoms with Crippen LogP contribution in [0.25, 0.3) is 0 Å². The molecule has 0 fully saturated rings. The van der Waals surface area contributed by atoms with Gasteiger partial charge in [-0.25, -0.2) is 0 Å². The second-order valence-corrected chi connectivity index (χ2v) is 9.27. The van der Waals surface area contributed by atoms with Gasteiger partial charge in [-0.1, -0.05) is 97.9 Å². The maximum Gasteiger partial charge on any atom is 0.251 e. The fourth-order valence-electron chi connectivity index (χ4n) is 4.00. The average Bonchev–Trinajstić information content (AvgIpc) is 2.94. The molecule has 38 heavy (non-hydrogen) atoms. The largest absolute Gasteiger partial charge is 0.381 e. The van der Waals surface area contributed by atoms with Gasteiger partial charge in [0.25, 0.3) is 5.91 Å². The smallest absolute Gasteiger partial charge is 0.251 e. The molecule has 0 radical (unpaired) electrons. The quantitative estimate of drug-likeness (QED) is 0.268. The number of amides is 2. The van der Waals surface area contributed by atoms with E-state index in [2.05, 4.69) is 10.6 Å². The van der Waals surface area contributed by atoms with E-state index in [-0.39, 0.29) is 19.1 Å². The average molecular weight is 519 g/mol. The van der Waals surface area contributed by atoms with E-state index in [0.717, 1.165) is 16.7 Å². The molecule has 7 nitrogen and oxygen atoms in total. The van der Waals surface area contributed by atoms with Crippen molar-refractivity contribution >= 4 is 11.8 Å². The minimum Gasteiger partial charge on any atom is -0.381 e. The van der Waals surface area contributed by atoms with Gasteiger partial charge in [-0.2, -0.15) is 0 Å². The Hall–Kier alpha value is -3.52. The maximum absolute atomic E-state index is 13.2. The van der Waals surface area contributed by atoms with Crippen LogP contribution in [0.2, 0.25) is 0 Å². The molecule has 0 spiro atoms. The summed E-state index contributed by atoms with van der Waals surface area (Å²) in [5.41, 5.74) is 2.95. The summed E-state index contributed by atoms with van der Waals surface area (Å²) < 4.78 is 11.7. The SMILES string of the molecule is CCCC(=O)N[C@@H](Cc1ccccc1)C(O)C(=O)NC(COCc1ccccc1)COCc1ccccc1. The molecule has 2 atom stereocenters. The first kappa shape index (κ1) is 29.0. The molecule has 1 unspecified atom stereocenters. The summed E-state index contributed by atoms with van der Waals surface area (Å²) in [5, 5.41) is 16.7. The number of ether oxygens (including phenoxy) is 2. The van der Waals surface area contributed by atoms with Gasteiger partial charge in [-0.15, -0.1) is 0 Å². The van der Waals surface area contributed by atoms with Crippen molar-refractivity contribution in [3.05, 3.63) is 108 Å². The summed E-state index contributed by atoms with van der Waals surface area (Å²) in [7, 11) is 0. The Bertz CT molecular complexity index is 1030. The number of hydrogen-bond donors (Lipinski definition) is 3. The first-order valence-corrected chi connectivity index (χ1v) is 13.1. The predicted molar refractivity (Wildman–Crippen MR) is 147 cm³/mol. The van der Waals surface area contributed by atoms with Gasteiger partial charge in [-0.05, 0) is 29.5 Å². The van der Waals surface area contributed by atoms with Crippen LogP contribution in [0.5, 0.6) is 0 Å². The van der Waals surface area contributed by atoms with E-state index in [9.17, 15) is 14.7 Å². The van der Waals surface area contributed by atoms with Crippen LogP contribution in [-0.2, 0) is 38.7 Å². The number of aliphatic hydroxyl groups excluding tert-OH is 1. The van der Waals surface area contributed by atoms with Gasteiger partial charge in [0, 0.05) is 6.42 Å². The lowest BCUT2D eigenvalue weighted by atomic mass is 10.00. The van der Waals surface area contributed by atoms with Crippen LogP contribution in [0.1, 0.15) is 36.5 Å². The zero-order chi connectivity index (χ0) is 27.0. The molecular weight excluding hydrogens is 480 g/mol. The van der Waals surface area contributed by atoms with Crippen molar-refractivity contribution < 1.29 is 24.2 Å². The van der Waals surface area contributed by atoms with E-state index in [4.69, 9.17) is 9.47 Å². The molecule has 3 N–H and O–H groups in total. The fourth-order valence-corrected chi connectivity index (χ4v) is 4.00. The highest BCUT2D eigenvalue weighted by molar-refractivity contribution is 5.83. The second kappa shape index (κ2) is 16.3. The van der Waals surface area contributed by atoms with Crippen LogP contribution in [0.3, 0.4) is 0 Å². The topological polar surface area (TPSA) is 96.9 Å². The summed E-state index contributed by atoms with van der Waals surface area (Å²) in [5.74, 6) is -0.784. The molecule has 202 valence electrons. The highest BCUT2D eigenvalue weighted by Crippen LogP contribution is 2.09. The zero-order valence-electron chi connectivity index (χ0n) is 21.9. The lowest BCUT2D eigenvalue weighted by Gasteiger charge is -2.26. The standard InChI is InChI=1S/C31H38N2O5/c1-2-12-29(34)33-28(19-24-13-6-3-7-14-24)30(35)31(36)32-27(22-37-20-25-15-8-4-9-16-25)23-38-21-26-17-10-5-11-18-26/h3-11,13-18,27-28,30,35H,2,12,19-23H2,1H3,(H,32,36)(H,33,34)/t28-,30?/m0/s1. The Balaban J connectivity index is 1.63. The van der Waals surface area contributed by atoms with E-state index in [1.165, 1.54) is 0 Å². The van der Waals surface area contributed by atoms with Crippen LogP contribution in [0, 0.1) is 0 Å². The zero-order valence-corrected chi connectivity index (χ0v) is 21.9. The molecule has 0 saturated heterocycles. The van der Waals surface area contributed by atoms with E-state index < -0.39 is 24.1 Å². The van der Waals surface area contributed by atoms with E-state index in [0.29, 0.717) is 32.5 Å². The van der Waals surface area contributed by atoms with E-state index in [1.807, 2.05) is 97.9 Å². The van der Waals surface area contributed by atoms with E-state index in [1.54, 1.807) is 0 Å². The van der Waals surface area contributed by atoms with Gasteiger partial charge in [-0.3, -0.25) is 9.59 Å². The monoisotopic (exact) mass is 518 g/mol. The summed E-state index contributed by atoms with van der Waals surface area (Å²) >= 11 is 0. The molecule has 0 saturated carbocycles. The maximum atomic E-state index is 13.2. The molecule has 7 heteroatoms. The van der Waals surface area contributed by atoms with Crippen molar-refractivity contribution in [2.75, 3.05) is 13.2 Å². The van der Waals surface area contributed by atoms with Gasteiger partial charge in [0.1, 0.15) is 0 Å². The number of carbonyl (C=O) groups excluding carboxylic acids is 2. The van der Waals surface area contributed by atoms with Crippen molar-refractivity contribution in [3.8, 4) is 0 Å². The number of aliphatic hydroxyl groups is 1. The fraction of sp³-hybridized carbons (Fsp3) is 0.355. The third kappa shape index (κ3) is 10.5. The second-order valence-electron chi connectivity index (χ2n) is 9.27. The molecule has 0 aliphatic rings. The van der Waals surface area contributed by atoms with Gasteiger partial charge >= 0.3 is 0 Å². The van der Waals surface area contributed by atoms with Gasteiger partial charge < -0.3 is 25.2 Å². The Morgan fingerprint density at radius 1 is 0.737 bits per heavy atom. The van der Waals surface area contributed by atoms with Crippen LogP contribution < -0.4 is 10.6 Å². The molecule has 0 aliphatic heterocycles. The molecule has 0 bridgehead atoms. The van der Waals surface area contributed by atoms with Gasteiger partial charge in [0.15, 0.2) is 6.10 Å². The third-order valence-corrected chi connectivity index (χ3v) is 5.98. The Kier molecular flexibility index (Phi) is 12.5. The van der Waals surface area contributed by atoms with Crippen molar-refractivity contribution in [3.63, 3.8) is 0 Å². The first-order chi connectivity index (χ1) is 18.5. The molecular formula is C31H38N2O5. The highest BCUT2D eigenvalue weighted by atomic mass is 16.5. The predicted octanol–water partition coefficient (Wildman–Crippen LogP) is 3.79. The van der Waals surface area contributed by atoms with Crippen molar-refractivity contribution in [1.82, 2.24) is 10.6 Å². The molecule has 0 heterocycles. The number of nitrogens with one attached hydrogen (secondary N) is 2. The van der Waals surface area contributed by atoms with Gasteiger partial charge in [0.2, 0.25) is 5.91 Å². The van der Waals surface area contributed by atoms with Crippen molar-refractivity contribution in [1.29, 1.82) is 0 Å². The Morgan fingerprint density at radius 3 is 1.68 bits per heavy atom. The highest BCUT2D eigenvalue weighted by Gasteiger charge is 2.29. The summed E-state index contributed by atoms with van der Waals surface area (Å²) in [4.78, 5) is 25.5. The lowest BCUT2D eigenvalue weighted by molar-refractivity contribution is -0.134. The van der Waals surface area contributed by atoms with Crippen LogP contribution in [0.4, 0.5) is 0 Å². The molecule has 3 aromatic carbocycles. The lowest BCUT2D eigenvalue weighted by Crippen LogP contribution is -2.54. The van der Waals surface area contributed by atoms with Gasteiger partial charge in [0.05, 0.1) is 38.5 Å². The summed E-state index contributed by atoms with van der Waals surface area (Å²) in [6.45, 7) is 3.09. The molecule has 3 aromatic rings.